The smallest absolute Gasteiger partial charge is 0.224 e. The highest BCUT2D eigenvalue weighted by Crippen LogP contribution is 2.21. The van der Waals surface area contributed by atoms with Gasteiger partial charge in [0.25, 0.3) is 0 Å². The summed E-state index contributed by atoms with van der Waals surface area (Å²) in [6.45, 7) is 5.30. The molecule has 3 nitrogen and oxygen atoms in total. The average molecular weight is 274 g/mol. The number of aryl methyl sites for hydroxylation is 1. The molecule has 1 atom stereocenters. The van der Waals surface area contributed by atoms with Crippen molar-refractivity contribution in [2.45, 2.75) is 52.0 Å². The summed E-state index contributed by atoms with van der Waals surface area (Å²) in [6, 6.07) is 6.62. The second kappa shape index (κ2) is 6.89. The number of nitrogens with one attached hydrogen (secondary N) is 1. The van der Waals surface area contributed by atoms with Crippen LogP contribution in [-0.4, -0.2) is 30.4 Å². The largest absolute Gasteiger partial charge is 0.326 e. The quantitative estimate of drug-likeness (QED) is 0.911. The van der Waals surface area contributed by atoms with Gasteiger partial charge in [0, 0.05) is 18.2 Å². The van der Waals surface area contributed by atoms with E-state index in [-0.39, 0.29) is 5.91 Å². The van der Waals surface area contributed by atoms with Gasteiger partial charge in [-0.3, -0.25) is 4.79 Å². The Morgan fingerprint density at radius 1 is 1.35 bits per heavy atom. The Morgan fingerprint density at radius 2 is 2.15 bits per heavy atom. The van der Waals surface area contributed by atoms with Crippen molar-refractivity contribution < 1.29 is 4.79 Å². The van der Waals surface area contributed by atoms with Crippen LogP contribution in [0.4, 0.5) is 5.69 Å². The predicted octanol–water partition coefficient (Wildman–Crippen LogP) is 3.51. The van der Waals surface area contributed by atoms with Crippen LogP contribution in [0.25, 0.3) is 0 Å². The number of hydrogen-bond donors (Lipinski definition) is 1. The first kappa shape index (κ1) is 15.0. The molecule has 1 amide bonds. The number of carbonyl (C=O) groups excluding carboxylic acids is 1. The lowest BCUT2D eigenvalue weighted by Crippen LogP contribution is -2.36. The van der Waals surface area contributed by atoms with Gasteiger partial charge in [0.1, 0.15) is 0 Å². The van der Waals surface area contributed by atoms with E-state index in [0.717, 1.165) is 17.7 Å². The fourth-order valence-corrected chi connectivity index (χ4v) is 2.91. The van der Waals surface area contributed by atoms with Gasteiger partial charge in [-0.1, -0.05) is 18.6 Å². The van der Waals surface area contributed by atoms with Crippen LogP contribution in [0.1, 0.15) is 43.2 Å². The number of nitrogens with zero attached hydrogens (tertiary/aromatic N) is 1. The molecule has 1 heterocycles. The predicted molar refractivity (Wildman–Crippen MR) is 84.0 cm³/mol. The third-order valence-electron chi connectivity index (χ3n) is 4.50. The van der Waals surface area contributed by atoms with Gasteiger partial charge in [-0.15, -0.1) is 0 Å². The molecule has 1 saturated heterocycles. The van der Waals surface area contributed by atoms with Crippen molar-refractivity contribution in [3.05, 3.63) is 29.3 Å². The van der Waals surface area contributed by atoms with Crippen molar-refractivity contribution in [1.82, 2.24) is 4.90 Å². The fraction of sp³-hybridized carbons (Fsp3) is 0.588. The third kappa shape index (κ3) is 3.83. The van der Waals surface area contributed by atoms with Crippen LogP contribution < -0.4 is 5.32 Å². The summed E-state index contributed by atoms with van der Waals surface area (Å²) in [5.74, 6) is 0.137. The summed E-state index contributed by atoms with van der Waals surface area (Å²) >= 11 is 0. The first-order chi connectivity index (χ1) is 9.58. The van der Waals surface area contributed by atoms with E-state index in [0.29, 0.717) is 12.5 Å². The molecule has 1 aromatic carbocycles. The molecule has 0 saturated carbocycles. The zero-order valence-electron chi connectivity index (χ0n) is 12.9. The molecular formula is C17H26N2O. The van der Waals surface area contributed by atoms with Crippen molar-refractivity contribution in [1.29, 1.82) is 0 Å². The van der Waals surface area contributed by atoms with Gasteiger partial charge < -0.3 is 10.2 Å². The van der Waals surface area contributed by atoms with Crippen LogP contribution in [0.2, 0.25) is 0 Å². The Bertz CT molecular complexity index is 470. The molecular weight excluding hydrogens is 248 g/mol. The van der Waals surface area contributed by atoms with E-state index in [1.54, 1.807) is 0 Å². The number of piperidine rings is 1. The molecule has 3 heteroatoms. The summed E-state index contributed by atoms with van der Waals surface area (Å²) in [4.78, 5) is 14.5. The monoisotopic (exact) mass is 274 g/mol. The third-order valence-corrected chi connectivity index (χ3v) is 4.50. The minimum Gasteiger partial charge on any atom is -0.326 e. The number of carbonyl (C=O) groups is 1. The lowest BCUT2D eigenvalue weighted by molar-refractivity contribution is -0.116. The molecule has 0 spiro atoms. The van der Waals surface area contributed by atoms with E-state index in [9.17, 15) is 4.79 Å². The minimum atomic E-state index is 0.137. The summed E-state index contributed by atoms with van der Waals surface area (Å²) in [5.41, 5.74) is 3.33. The van der Waals surface area contributed by atoms with Gasteiger partial charge in [0.05, 0.1) is 0 Å². The van der Waals surface area contributed by atoms with Crippen molar-refractivity contribution in [3.63, 3.8) is 0 Å². The summed E-state index contributed by atoms with van der Waals surface area (Å²) in [6.07, 6.45) is 5.40. The van der Waals surface area contributed by atoms with Crippen LogP contribution in [0.3, 0.4) is 0 Å². The zero-order chi connectivity index (χ0) is 14.5. The highest BCUT2D eigenvalue weighted by molar-refractivity contribution is 5.91. The lowest BCUT2D eigenvalue weighted by atomic mass is 9.98. The topological polar surface area (TPSA) is 32.3 Å². The molecule has 0 aliphatic carbocycles. The van der Waals surface area contributed by atoms with E-state index in [1.165, 1.54) is 31.4 Å². The van der Waals surface area contributed by atoms with Crippen LogP contribution in [-0.2, 0) is 4.79 Å². The molecule has 1 aliphatic rings. The maximum absolute atomic E-state index is 12.1. The van der Waals surface area contributed by atoms with E-state index in [1.807, 2.05) is 12.1 Å². The molecule has 0 aromatic heterocycles. The molecule has 110 valence electrons. The van der Waals surface area contributed by atoms with Crippen molar-refractivity contribution in [2.24, 2.45) is 0 Å². The molecule has 1 unspecified atom stereocenters. The van der Waals surface area contributed by atoms with Crippen LogP contribution in [0, 0.1) is 13.8 Å². The second-order valence-corrected chi connectivity index (χ2v) is 5.96. The molecule has 1 aliphatic heterocycles. The van der Waals surface area contributed by atoms with E-state index < -0.39 is 0 Å². The Morgan fingerprint density at radius 3 is 2.90 bits per heavy atom. The van der Waals surface area contributed by atoms with Gasteiger partial charge in [-0.05, 0) is 63.9 Å². The molecule has 1 aromatic rings. The highest BCUT2D eigenvalue weighted by atomic mass is 16.1. The van der Waals surface area contributed by atoms with Gasteiger partial charge in [-0.2, -0.15) is 0 Å². The number of likely N-dealkylation sites (tertiary alicyclic amines) is 1. The van der Waals surface area contributed by atoms with Crippen LogP contribution in [0.5, 0.6) is 0 Å². The number of hydrogen-bond acceptors (Lipinski definition) is 2. The Labute approximate surface area is 122 Å². The van der Waals surface area contributed by atoms with Crippen LogP contribution >= 0.6 is 0 Å². The number of anilines is 1. The molecule has 1 N–H and O–H groups in total. The maximum atomic E-state index is 12.1. The van der Waals surface area contributed by atoms with Crippen molar-refractivity contribution in [2.75, 3.05) is 18.9 Å². The Balaban J connectivity index is 1.85. The summed E-state index contributed by atoms with van der Waals surface area (Å²) in [5, 5.41) is 3.05. The Kier molecular flexibility index (Phi) is 5.18. The maximum Gasteiger partial charge on any atom is 0.224 e. The molecule has 20 heavy (non-hydrogen) atoms. The van der Waals surface area contributed by atoms with Crippen LogP contribution in [0.15, 0.2) is 18.2 Å². The zero-order valence-corrected chi connectivity index (χ0v) is 12.9. The highest BCUT2D eigenvalue weighted by Gasteiger charge is 2.19. The molecule has 0 radical (unpaired) electrons. The van der Waals surface area contributed by atoms with Crippen molar-refractivity contribution in [3.8, 4) is 0 Å². The van der Waals surface area contributed by atoms with E-state index in [2.05, 4.69) is 37.2 Å². The average Bonchev–Trinajstić information content (AvgIpc) is 2.43. The fourth-order valence-electron chi connectivity index (χ4n) is 2.91. The molecule has 0 bridgehead atoms. The first-order valence-electron chi connectivity index (χ1n) is 7.64. The second-order valence-electron chi connectivity index (χ2n) is 5.96. The first-order valence-corrected chi connectivity index (χ1v) is 7.64. The number of amides is 1. The van der Waals surface area contributed by atoms with Crippen molar-refractivity contribution >= 4 is 11.6 Å². The Hall–Kier alpha value is -1.35. The van der Waals surface area contributed by atoms with Gasteiger partial charge in [0.2, 0.25) is 5.91 Å². The summed E-state index contributed by atoms with van der Waals surface area (Å²) < 4.78 is 0. The molecule has 1 fully saturated rings. The minimum absolute atomic E-state index is 0.137. The molecule has 2 rings (SSSR count). The standard InChI is InChI=1S/C17H26N2O/c1-13-7-6-9-16(14(13)2)18-17(20)11-10-15-8-4-5-12-19(15)3/h6-7,9,15H,4-5,8,10-12H2,1-3H3,(H,18,20). The van der Waals surface area contributed by atoms with Gasteiger partial charge >= 0.3 is 0 Å². The van der Waals surface area contributed by atoms with Gasteiger partial charge in [-0.25, -0.2) is 0 Å². The SMILES string of the molecule is Cc1cccc(NC(=O)CCC2CCCCN2C)c1C. The number of benzene rings is 1. The van der Waals surface area contributed by atoms with E-state index >= 15 is 0 Å². The number of rotatable bonds is 4. The van der Waals surface area contributed by atoms with Gasteiger partial charge in [0.15, 0.2) is 0 Å². The normalized spacial score (nSPS) is 19.9. The van der Waals surface area contributed by atoms with E-state index in [4.69, 9.17) is 0 Å². The summed E-state index contributed by atoms with van der Waals surface area (Å²) in [7, 11) is 2.17. The lowest BCUT2D eigenvalue weighted by Gasteiger charge is -2.32.